The molecule has 0 bridgehead atoms. The summed E-state index contributed by atoms with van der Waals surface area (Å²) in [6, 6.07) is 14.9. The number of carbonyl (C=O) groups is 1. The minimum Gasteiger partial charge on any atom is -0.489 e. The summed E-state index contributed by atoms with van der Waals surface area (Å²) in [5, 5.41) is 5.52. The van der Waals surface area contributed by atoms with E-state index in [0.29, 0.717) is 11.6 Å². The summed E-state index contributed by atoms with van der Waals surface area (Å²) >= 11 is 7.46. The normalized spacial score (nSPS) is 10.5. The van der Waals surface area contributed by atoms with Gasteiger partial charge in [0.05, 0.1) is 5.56 Å². The monoisotopic (exact) mass is 371 g/mol. The average Bonchev–Trinajstić information content (AvgIpc) is 2.95. The van der Waals surface area contributed by atoms with Crippen LogP contribution in [0, 0.1) is 13.8 Å². The van der Waals surface area contributed by atoms with Crippen molar-refractivity contribution in [3.05, 3.63) is 80.5 Å². The Hall–Kier alpha value is -2.30. The Bertz CT molecular complexity index is 870. The molecule has 0 saturated carbocycles. The van der Waals surface area contributed by atoms with E-state index in [1.165, 1.54) is 0 Å². The number of carbonyl (C=O) groups excluding carboxylic acids is 1. The molecule has 0 aliphatic carbocycles. The predicted octanol–water partition coefficient (Wildman–Crippen LogP) is 5.85. The summed E-state index contributed by atoms with van der Waals surface area (Å²) < 4.78 is 5.74. The molecular formula is C20H18ClNO2S. The van der Waals surface area contributed by atoms with Crippen LogP contribution in [-0.2, 0) is 6.61 Å². The molecule has 0 aliphatic heterocycles. The molecule has 0 atom stereocenters. The molecular weight excluding hydrogens is 354 g/mol. The van der Waals surface area contributed by atoms with E-state index in [-0.39, 0.29) is 5.91 Å². The van der Waals surface area contributed by atoms with Crippen molar-refractivity contribution in [1.82, 2.24) is 0 Å². The number of halogens is 1. The van der Waals surface area contributed by atoms with Gasteiger partial charge in [0, 0.05) is 21.0 Å². The highest BCUT2D eigenvalue weighted by Crippen LogP contribution is 2.23. The molecule has 0 spiro atoms. The number of anilines is 1. The highest BCUT2D eigenvalue weighted by Gasteiger charge is 2.12. The molecule has 128 valence electrons. The minimum absolute atomic E-state index is 0.0864. The molecule has 1 amide bonds. The molecule has 25 heavy (non-hydrogen) atoms. The van der Waals surface area contributed by atoms with Gasteiger partial charge in [-0.15, -0.1) is 11.3 Å². The number of ether oxygens (including phenoxy) is 1. The maximum atomic E-state index is 12.3. The van der Waals surface area contributed by atoms with E-state index in [0.717, 1.165) is 33.0 Å². The second-order valence-electron chi connectivity index (χ2n) is 5.72. The standard InChI is InChI=1S/C20H18ClNO2S/c1-13-14(2)25-12-19(13)20(23)22-17-7-9-18(10-8-17)24-11-15-3-5-16(21)6-4-15/h3-10,12H,11H2,1-2H3,(H,22,23). The van der Waals surface area contributed by atoms with Crippen LogP contribution in [0.25, 0.3) is 0 Å². The van der Waals surface area contributed by atoms with Gasteiger partial charge in [-0.05, 0) is 61.4 Å². The van der Waals surface area contributed by atoms with E-state index in [1.807, 2.05) is 67.8 Å². The van der Waals surface area contributed by atoms with Gasteiger partial charge < -0.3 is 10.1 Å². The molecule has 1 heterocycles. The molecule has 2 aromatic carbocycles. The average molecular weight is 372 g/mol. The second-order valence-corrected chi connectivity index (χ2v) is 7.24. The predicted molar refractivity (Wildman–Crippen MR) is 104 cm³/mol. The van der Waals surface area contributed by atoms with E-state index < -0.39 is 0 Å². The van der Waals surface area contributed by atoms with Crippen LogP contribution in [0.2, 0.25) is 5.02 Å². The lowest BCUT2D eigenvalue weighted by atomic mass is 10.1. The van der Waals surface area contributed by atoms with Crippen molar-refractivity contribution >= 4 is 34.5 Å². The third-order valence-electron chi connectivity index (χ3n) is 3.96. The molecule has 1 aromatic heterocycles. The number of aryl methyl sites for hydroxylation is 1. The van der Waals surface area contributed by atoms with Gasteiger partial charge in [0.1, 0.15) is 12.4 Å². The largest absolute Gasteiger partial charge is 0.489 e. The van der Waals surface area contributed by atoms with Crippen LogP contribution in [0.5, 0.6) is 5.75 Å². The van der Waals surface area contributed by atoms with E-state index >= 15 is 0 Å². The van der Waals surface area contributed by atoms with Gasteiger partial charge in [0.25, 0.3) is 5.91 Å². The fraction of sp³-hybridized carbons (Fsp3) is 0.150. The second kappa shape index (κ2) is 7.72. The van der Waals surface area contributed by atoms with Crippen LogP contribution in [0.4, 0.5) is 5.69 Å². The molecule has 0 saturated heterocycles. The van der Waals surface area contributed by atoms with Crippen LogP contribution in [-0.4, -0.2) is 5.91 Å². The molecule has 3 rings (SSSR count). The van der Waals surface area contributed by atoms with E-state index in [2.05, 4.69) is 5.32 Å². The Labute approximate surface area is 156 Å². The number of hydrogen-bond acceptors (Lipinski definition) is 3. The van der Waals surface area contributed by atoms with Gasteiger partial charge in [-0.1, -0.05) is 23.7 Å². The topological polar surface area (TPSA) is 38.3 Å². The molecule has 3 nitrogen and oxygen atoms in total. The van der Waals surface area contributed by atoms with Crippen LogP contribution in [0.3, 0.4) is 0 Å². The summed E-state index contributed by atoms with van der Waals surface area (Å²) in [5.74, 6) is 0.659. The summed E-state index contributed by atoms with van der Waals surface area (Å²) in [6.07, 6.45) is 0. The van der Waals surface area contributed by atoms with Crippen molar-refractivity contribution in [2.45, 2.75) is 20.5 Å². The first-order valence-electron chi connectivity index (χ1n) is 7.86. The molecule has 0 aliphatic rings. The summed E-state index contributed by atoms with van der Waals surface area (Å²) in [7, 11) is 0. The van der Waals surface area contributed by atoms with Crippen molar-refractivity contribution in [3.8, 4) is 5.75 Å². The summed E-state index contributed by atoms with van der Waals surface area (Å²) in [5.41, 5.74) is 3.55. The number of rotatable bonds is 5. The highest BCUT2D eigenvalue weighted by molar-refractivity contribution is 7.10. The molecule has 3 aromatic rings. The van der Waals surface area contributed by atoms with E-state index in [4.69, 9.17) is 16.3 Å². The molecule has 0 radical (unpaired) electrons. The maximum Gasteiger partial charge on any atom is 0.256 e. The lowest BCUT2D eigenvalue weighted by molar-refractivity contribution is 0.102. The Morgan fingerprint density at radius 3 is 2.36 bits per heavy atom. The molecule has 0 fully saturated rings. The van der Waals surface area contributed by atoms with Gasteiger partial charge in [0.2, 0.25) is 0 Å². The van der Waals surface area contributed by atoms with Crippen LogP contribution >= 0.6 is 22.9 Å². The molecule has 0 unspecified atom stereocenters. The van der Waals surface area contributed by atoms with Gasteiger partial charge in [0.15, 0.2) is 0 Å². The quantitative estimate of drug-likeness (QED) is 0.610. The zero-order chi connectivity index (χ0) is 17.8. The minimum atomic E-state index is -0.0864. The van der Waals surface area contributed by atoms with Gasteiger partial charge >= 0.3 is 0 Å². The third kappa shape index (κ3) is 4.41. The first kappa shape index (κ1) is 17.5. The smallest absolute Gasteiger partial charge is 0.256 e. The van der Waals surface area contributed by atoms with Gasteiger partial charge in [-0.3, -0.25) is 4.79 Å². The highest BCUT2D eigenvalue weighted by atomic mass is 35.5. The fourth-order valence-electron chi connectivity index (χ4n) is 2.32. The lowest BCUT2D eigenvalue weighted by Gasteiger charge is -2.09. The van der Waals surface area contributed by atoms with Gasteiger partial charge in [-0.2, -0.15) is 0 Å². The maximum absolute atomic E-state index is 12.3. The zero-order valence-electron chi connectivity index (χ0n) is 14.0. The van der Waals surface area contributed by atoms with Crippen molar-refractivity contribution in [2.75, 3.05) is 5.32 Å². The first-order valence-corrected chi connectivity index (χ1v) is 9.12. The van der Waals surface area contributed by atoms with Gasteiger partial charge in [-0.25, -0.2) is 0 Å². The number of benzene rings is 2. The summed E-state index contributed by atoms with van der Waals surface area (Å²) in [6.45, 7) is 4.45. The van der Waals surface area contributed by atoms with Crippen LogP contribution in [0.15, 0.2) is 53.9 Å². The number of hydrogen-bond donors (Lipinski definition) is 1. The SMILES string of the molecule is Cc1scc(C(=O)Nc2ccc(OCc3ccc(Cl)cc3)cc2)c1C. The Morgan fingerprint density at radius 1 is 1.08 bits per heavy atom. The molecule has 5 heteroatoms. The van der Waals surface area contributed by atoms with E-state index in [1.54, 1.807) is 11.3 Å². The van der Waals surface area contributed by atoms with Crippen molar-refractivity contribution in [1.29, 1.82) is 0 Å². The lowest BCUT2D eigenvalue weighted by Crippen LogP contribution is -2.12. The zero-order valence-corrected chi connectivity index (χ0v) is 15.6. The van der Waals surface area contributed by atoms with Crippen LogP contribution < -0.4 is 10.1 Å². The molecule has 1 N–H and O–H groups in total. The summed E-state index contributed by atoms with van der Waals surface area (Å²) in [4.78, 5) is 13.5. The number of amides is 1. The van der Waals surface area contributed by atoms with Crippen LogP contribution in [0.1, 0.15) is 26.4 Å². The van der Waals surface area contributed by atoms with E-state index in [9.17, 15) is 4.79 Å². The Morgan fingerprint density at radius 2 is 1.76 bits per heavy atom. The Balaban J connectivity index is 1.59. The van der Waals surface area contributed by atoms with Crippen molar-refractivity contribution < 1.29 is 9.53 Å². The Kier molecular flexibility index (Phi) is 5.41. The fourth-order valence-corrected chi connectivity index (χ4v) is 3.31. The van der Waals surface area contributed by atoms with Crippen molar-refractivity contribution in [2.24, 2.45) is 0 Å². The van der Waals surface area contributed by atoms with Crippen molar-refractivity contribution in [3.63, 3.8) is 0 Å². The first-order chi connectivity index (χ1) is 12.0. The number of nitrogens with one attached hydrogen (secondary N) is 1. The third-order valence-corrected chi connectivity index (χ3v) is 5.23. The number of thiophene rings is 1.